The van der Waals surface area contributed by atoms with Crippen molar-refractivity contribution >= 4 is 27.5 Å². The molecule has 0 spiro atoms. The van der Waals surface area contributed by atoms with Gasteiger partial charge in [-0.15, -0.1) is 0 Å². The number of rotatable bonds is 4. The SMILES string of the molecule is OCC(O)c1nc(N2C[C@H]3CC[C@@H](C2)N3)c2ccc(-c3cc(O)cc4ccccc34)c(F)c2n1. The van der Waals surface area contributed by atoms with Gasteiger partial charge in [-0.2, -0.15) is 0 Å². The molecule has 174 valence electrons. The Balaban J connectivity index is 1.57. The summed E-state index contributed by atoms with van der Waals surface area (Å²) < 4.78 is 16.1. The number of aromatic nitrogens is 2. The molecular weight excluding hydrogens is 435 g/mol. The van der Waals surface area contributed by atoms with E-state index in [2.05, 4.69) is 20.2 Å². The summed E-state index contributed by atoms with van der Waals surface area (Å²) in [5.74, 6) is 0.0514. The Morgan fingerprint density at radius 1 is 1.00 bits per heavy atom. The standard InChI is InChI=1S/C26H25FN4O3/c27-23-19(21-10-17(33)9-14-3-1-2-4-18(14)21)7-8-20-24(23)29-25(22(34)13-32)30-26(20)31-11-15-5-6-16(12-31)28-15/h1-4,7-10,15-16,22,28,32-34H,5-6,11-13H2/t15-,16+,22?. The van der Waals surface area contributed by atoms with E-state index in [4.69, 9.17) is 0 Å². The van der Waals surface area contributed by atoms with Crippen molar-refractivity contribution < 1.29 is 19.7 Å². The number of fused-ring (bicyclic) bond motifs is 4. The first kappa shape index (κ1) is 21.2. The Bertz CT molecular complexity index is 1400. The molecule has 34 heavy (non-hydrogen) atoms. The van der Waals surface area contributed by atoms with Crippen LogP contribution in [0.4, 0.5) is 10.2 Å². The molecule has 0 amide bonds. The van der Waals surface area contributed by atoms with E-state index in [9.17, 15) is 15.3 Å². The van der Waals surface area contributed by atoms with Crippen molar-refractivity contribution in [3.63, 3.8) is 0 Å². The van der Waals surface area contributed by atoms with E-state index in [1.807, 2.05) is 24.3 Å². The lowest BCUT2D eigenvalue weighted by molar-refractivity contribution is 0.0889. The van der Waals surface area contributed by atoms with Crippen LogP contribution in [0.2, 0.25) is 0 Å². The Morgan fingerprint density at radius 2 is 1.76 bits per heavy atom. The second-order valence-corrected chi connectivity index (χ2v) is 9.18. The summed E-state index contributed by atoms with van der Waals surface area (Å²) in [5, 5.41) is 35.9. The van der Waals surface area contributed by atoms with Crippen molar-refractivity contribution in [3.05, 3.63) is 60.2 Å². The summed E-state index contributed by atoms with van der Waals surface area (Å²) >= 11 is 0. The number of nitrogens with one attached hydrogen (secondary N) is 1. The summed E-state index contributed by atoms with van der Waals surface area (Å²) in [4.78, 5) is 11.0. The molecule has 3 aromatic carbocycles. The van der Waals surface area contributed by atoms with Gasteiger partial charge >= 0.3 is 0 Å². The molecule has 4 aromatic rings. The van der Waals surface area contributed by atoms with Crippen LogP contribution in [-0.4, -0.2) is 57.1 Å². The van der Waals surface area contributed by atoms with Crippen LogP contribution in [0.15, 0.2) is 48.5 Å². The smallest absolute Gasteiger partial charge is 0.162 e. The van der Waals surface area contributed by atoms with Gasteiger partial charge in [0, 0.05) is 36.1 Å². The molecule has 3 atom stereocenters. The number of anilines is 1. The Morgan fingerprint density at radius 3 is 2.53 bits per heavy atom. The van der Waals surface area contributed by atoms with Gasteiger partial charge in [0.15, 0.2) is 11.6 Å². The lowest BCUT2D eigenvalue weighted by Crippen LogP contribution is -2.51. The molecular formula is C26H25FN4O3. The van der Waals surface area contributed by atoms with Crippen molar-refractivity contribution in [3.8, 4) is 16.9 Å². The van der Waals surface area contributed by atoms with Crippen LogP contribution >= 0.6 is 0 Å². The highest BCUT2D eigenvalue weighted by Crippen LogP contribution is 2.38. The summed E-state index contributed by atoms with van der Waals surface area (Å²) in [5.41, 5.74) is 0.942. The first-order valence-electron chi connectivity index (χ1n) is 11.5. The van der Waals surface area contributed by atoms with E-state index in [1.54, 1.807) is 24.3 Å². The number of aliphatic hydroxyl groups is 2. The molecule has 6 rings (SSSR count). The van der Waals surface area contributed by atoms with Crippen molar-refractivity contribution in [2.75, 3.05) is 24.6 Å². The summed E-state index contributed by atoms with van der Waals surface area (Å²) in [6, 6.07) is 14.9. The van der Waals surface area contributed by atoms with Crippen LogP contribution < -0.4 is 10.2 Å². The predicted molar refractivity (Wildman–Crippen MR) is 128 cm³/mol. The van der Waals surface area contributed by atoms with E-state index in [0.717, 1.165) is 36.7 Å². The Labute approximate surface area is 195 Å². The van der Waals surface area contributed by atoms with Crippen molar-refractivity contribution in [1.29, 1.82) is 0 Å². The quantitative estimate of drug-likeness (QED) is 0.371. The zero-order valence-corrected chi connectivity index (χ0v) is 18.4. The number of halogens is 1. The summed E-state index contributed by atoms with van der Waals surface area (Å²) in [6.45, 7) is 0.909. The maximum absolute atomic E-state index is 16.1. The molecule has 8 heteroatoms. The maximum atomic E-state index is 16.1. The molecule has 0 saturated carbocycles. The van der Waals surface area contributed by atoms with Crippen LogP contribution in [0.3, 0.4) is 0 Å². The highest BCUT2D eigenvalue weighted by Gasteiger charge is 2.34. The molecule has 1 aromatic heterocycles. The minimum atomic E-state index is -1.31. The highest BCUT2D eigenvalue weighted by molar-refractivity contribution is 6.01. The summed E-state index contributed by atoms with van der Waals surface area (Å²) in [6.07, 6.45) is 0.853. The normalized spacial score (nSPS) is 20.9. The molecule has 0 radical (unpaired) electrons. The first-order chi connectivity index (χ1) is 16.5. The average Bonchev–Trinajstić information content (AvgIpc) is 3.20. The number of phenols is 1. The van der Waals surface area contributed by atoms with Crippen molar-refractivity contribution in [2.24, 2.45) is 0 Å². The maximum Gasteiger partial charge on any atom is 0.162 e. The Hall–Kier alpha value is -3.33. The summed E-state index contributed by atoms with van der Waals surface area (Å²) in [7, 11) is 0. The molecule has 2 bridgehead atoms. The van der Waals surface area contributed by atoms with Gasteiger partial charge in [0.2, 0.25) is 0 Å². The van der Waals surface area contributed by atoms with Gasteiger partial charge in [-0.1, -0.05) is 30.3 Å². The van der Waals surface area contributed by atoms with Gasteiger partial charge in [0.05, 0.1) is 6.61 Å². The third kappa shape index (κ3) is 3.46. The van der Waals surface area contributed by atoms with Crippen LogP contribution in [0.25, 0.3) is 32.8 Å². The second kappa shape index (κ2) is 8.16. The lowest BCUT2D eigenvalue weighted by atomic mass is 9.96. The molecule has 4 N–H and O–H groups in total. The number of aromatic hydroxyl groups is 1. The molecule has 7 nitrogen and oxygen atoms in total. The van der Waals surface area contributed by atoms with E-state index in [1.165, 1.54) is 0 Å². The molecule has 3 heterocycles. The van der Waals surface area contributed by atoms with Gasteiger partial charge in [-0.25, -0.2) is 14.4 Å². The first-order valence-corrected chi connectivity index (χ1v) is 11.5. The van der Waals surface area contributed by atoms with E-state index >= 15 is 4.39 Å². The van der Waals surface area contributed by atoms with Gasteiger partial charge < -0.3 is 25.5 Å². The number of nitrogens with zero attached hydrogens (tertiary/aromatic N) is 3. The molecule has 2 aliphatic rings. The van der Waals surface area contributed by atoms with Crippen LogP contribution in [0.1, 0.15) is 24.8 Å². The molecule has 2 fully saturated rings. The number of benzene rings is 3. The molecule has 2 saturated heterocycles. The number of aliphatic hydroxyl groups excluding tert-OH is 2. The average molecular weight is 461 g/mol. The lowest BCUT2D eigenvalue weighted by Gasteiger charge is -2.34. The number of phenolic OH excluding ortho intramolecular Hbond substituents is 1. The van der Waals surface area contributed by atoms with Gasteiger partial charge in [0.1, 0.15) is 23.2 Å². The van der Waals surface area contributed by atoms with Crippen molar-refractivity contribution in [1.82, 2.24) is 15.3 Å². The molecule has 0 aliphatic carbocycles. The zero-order chi connectivity index (χ0) is 23.4. The third-order valence-electron chi connectivity index (χ3n) is 6.93. The van der Waals surface area contributed by atoms with Crippen LogP contribution in [0, 0.1) is 5.82 Å². The fourth-order valence-corrected chi connectivity index (χ4v) is 5.33. The van der Waals surface area contributed by atoms with E-state index in [-0.39, 0.29) is 17.1 Å². The number of piperazine rings is 1. The fraction of sp³-hybridized carbons (Fsp3) is 0.308. The van der Waals surface area contributed by atoms with Crippen molar-refractivity contribution in [2.45, 2.75) is 31.0 Å². The number of hydrogen-bond acceptors (Lipinski definition) is 7. The Kier molecular flexibility index (Phi) is 5.09. The van der Waals surface area contributed by atoms with E-state index in [0.29, 0.717) is 34.4 Å². The predicted octanol–water partition coefficient (Wildman–Crippen LogP) is 3.26. The highest BCUT2D eigenvalue weighted by atomic mass is 19.1. The molecule has 1 unspecified atom stereocenters. The topological polar surface area (TPSA) is 102 Å². The minimum Gasteiger partial charge on any atom is -0.508 e. The van der Waals surface area contributed by atoms with Crippen LogP contribution in [-0.2, 0) is 0 Å². The largest absolute Gasteiger partial charge is 0.508 e. The number of hydrogen-bond donors (Lipinski definition) is 4. The minimum absolute atomic E-state index is 0.00676. The van der Waals surface area contributed by atoms with Gasteiger partial charge in [0.25, 0.3) is 0 Å². The van der Waals surface area contributed by atoms with Gasteiger partial charge in [-0.3, -0.25) is 0 Å². The monoisotopic (exact) mass is 460 g/mol. The second-order valence-electron chi connectivity index (χ2n) is 9.18. The molecule has 2 aliphatic heterocycles. The zero-order valence-electron chi connectivity index (χ0n) is 18.4. The van der Waals surface area contributed by atoms with Gasteiger partial charge in [-0.05, 0) is 47.4 Å². The van der Waals surface area contributed by atoms with Crippen LogP contribution in [0.5, 0.6) is 5.75 Å². The third-order valence-corrected chi connectivity index (χ3v) is 6.93. The fourth-order valence-electron chi connectivity index (χ4n) is 5.33. The van der Waals surface area contributed by atoms with E-state index < -0.39 is 18.5 Å².